The van der Waals surface area contributed by atoms with Gasteiger partial charge in [0.05, 0.1) is 17.0 Å². The van der Waals surface area contributed by atoms with E-state index in [-0.39, 0.29) is 36.8 Å². The summed E-state index contributed by atoms with van der Waals surface area (Å²) in [6.07, 6.45) is 0.806. The van der Waals surface area contributed by atoms with Crippen LogP contribution in [0.3, 0.4) is 0 Å². The number of aryl methyl sites for hydroxylation is 2. The highest BCUT2D eigenvalue weighted by Gasteiger charge is 2.41. The smallest absolute Gasteiger partial charge is 0.377 e. The Hall–Kier alpha value is -2.99. The number of alkyl halides is 3. The third kappa shape index (κ3) is 6.74. The average molecular weight is 592 g/mol. The van der Waals surface area contributed by atoms with Gasteiger partial charge in [-0.05, 0) is 56.1 Å². The molecule has 222 valence electrons. The first-order valence-corrected chi connectivity index (χ1v) is 15.6. The molecule has 2 atom stereocenters. The van der Waals surface area contributed by atoms with Gasteiger partial charge in [-0.15, -0.1) is 0 Å². The Kier molecular flexibility index (Phi) is 8.43. The molecule has 0 radical (unpaired) electrons. The van der Waals surface area contributed by atoms with Gasteiger partial charge in [0.1, 0.15) is 6.33 Å². The van der Waals surface area contributed by atoms with Crippen molar-refractivity contribution in [3.8, 4) is 0 Å². The van der Waals surface area contributed by atoms with Crippen LogP contribution in [0.25, 0.3) is 0 Å². The summed E-state index contributed by atoms with van der Waals surface area (Å²) >= 11 is 0. The van der Waals surface area contributed by atoms with E-state index in [0.29, 0.717) is 42.9 Å². The van der Waals surface area contributed by atoms with Gasteiger partial charge in [0.2, 0.25) is 10.0 Å². The summed E-state index contributed by atoms with van der Waals surface area (Å²) in [5.74, 6) is -1.21. The third-order valence-electron chi connectivity index (χ3n) is 8.63. The van der Waals surface area contributed by atoms with Crippen LogP contribution in [0.5, 0.6) is 0 Å². The molecule has 5 rings (SSSR count). The lowest BCUT2D eigenvalue weighted by Crippen LogP contribution is -2.43. The second-order valence-electron chi connectivity index (χ2n) is 11.4. The van der Waals surface area contributed by atoms with E-state index in [2.05, 4.69) is 33.2 Å². The fourth-order valence-corrected chi connectivity index (χ4v) is 7.96. The number of amides is 1. The summed E-state index contributed by atoms with van der Waals surface area (Å²) in [5, 5.41) is 0. The SMILES string of the molecule is Cc1ncnc(C)c1C(=O)N1CC2=CN(CCC(c3ccccc3)C3CCN(S(=O)(=O)CC(F)(F)F)CC3)CC2C1. The standard InChI is InChI=1S/C29H36F3N5O3S/c1-20-27(21(2)34-19-33-20)28(38)36-16-24-14-35(15-25(24)17-36)11-10-26(22-6-4-3-5-7-22)23-8-12-37(13-9-23)41(39,40)18-29(30,31)32/h3-7,14,19,23,25-26H,8-13,15-18H2,1-2H3. The van der Waals surface area contributed by atoms with Crippen molar-refractivity contribution in [1.82, 2.24) is 24.1 Å². The van der Waals surface area contributed by atoms with Gasteiger partial charge < -0.3 is 9.80 Å². The molecular formula is C29H36F3N5O3S. The second-order valence-corrected chi connectivity index (χ2v) is 13.4. The largest absolute Gasteiger partial charge is 0.404 e. The maximum absolute atomic E-state index is 13.2. The van der Waals surface area contributed by atoms with Gasteiger partial charge in [-0.2, -0.15) is 13.2 Å². The van der Waals surface area contributed by atoms with Crippen LogP contribution in [0.2, 0.25) is 0 Å². The van der Waals surface area contributed by atoms with Crippen molar-refractivity contribution in [2.75, 3.05) is 45.0 Å². The molecule has 2 aromatic rings. The molecule has 3 aliphatic heterocycles. The molecule has 4 heterocycles. The summed E-state index contributed by atoms with van der Waals surface area (Å²) in [7, 11) is -4.36. The van der Waals surface area contributed by atoms with Gasteiger partial charge in [0.25, 0.3) is 5.91 Å². The summed E-state index contributed by atoms with van der Waals surface area (Å²) < 4.78 is 64.0. The zero-order chi connectivity index (χ0) is 29.4. The average Bonchev–Trinajstić information content (AvgIpc) is 3.47. The quantitative estimate of drug-likeness (QED) is 0.459. The summed E-state index contributed by atoms with van der Waals surface area (Å²) in [4.78, 5) is 25.8. The van der Waals surface area contributed by atoms with Crippen molar-refractivity contribution in [3.05, 3.63) is 70.9 Å². The maximum atomic E-state index is 13.2. The van der Waals surface area contributed by atoms with E-state index in [4.69, 9.17) is 0 Å². The number of sulfonamides is 1. The molecule has 0 spiro atoms. The Morgan fingerprint density at radius 1 is 1.05 bits per heavy atom. The molecule has 0 saturated carbocycles. The number of hydrogen-bond donors (Lipinski definition) is 0. The van der Waals surface area contributed by atoms with Gasteiger partial charge in [0, 0.05) is 51.4 Å². The van der Waals surface area contributed by atoms with E-state index in [1.807, 2.05) is 36.9 Å². The van der Waals surface area contributed by atoms with Gasteiger partial charge in [0.15, 0.2) is 5.75 Å². The van der Waals surface area contributed by atoms with E-state index in [1.54, 1.807) is 0 Å². The van der Waals surface area contributed by atoms with Crippen molar-refractivity contribution in [1.29, 1.82) is 0 Å². The minimum Gasteiger partial charge on any atom is -0.377 e. The Labute approximate surface area is 239 Å². The molecule has 8 nitrogen and oxygen atoms in total. The Morgan fingerprint density at radius 3 is 2.32 bits per heavy atom. The highest BCUT2D eigenvalue weighted by molar-refractivity contribution is 7.89. The molecule has 1 aromatic carbocycles. The van der Waals surface area contributed by atoms with Crippen LogP contribution in [0.1, 0.15) is 52.5 Å². The van der Waals surface area contributed by atoms with Crippen LogP contribution in [0.15, 0.2) is 48.4 Å². The van der Waals surface area contributed by atoms with Crippen LogP contribution < -0.4 is 0 Å². The van der Waals surface area contributed by atoms with Gasteiger partial charge in [-0.1, -0.05) is 30.3 Å². The normalized spacial score (nSPS) is 21.2. The zero-order valence-electron chi connectivity index (χ0n) is 23.3. The number of fused-ring (bicyclic) bond motifs is 1. The number of piperidine rings is 1. The fourth-order valence-electron chi connectivity index (χ4n) is 6.59. The minimum absolute atomic E-state index is 0.0322. The number of aromatic nitrogens is 2. The maximum Gasteiger partial charge on any atom is 0.404 e. The molecule has 12 heteroatoms. The lowest BCUT2D eigenvalue weighted by atomic mass is 9.78. The summed E-state index contributed by atoms with van der Waals surface area (Å²) in [6, 6.07) is 10.1. The topological polar surface area (TPSA) is 86.7 Å². The monoisotopic (exact) mass is 591 g/mol. The number of rotatable bonds is 8. The molecule has 2 saturated heterocycles. The molecule has 1 amide bonds. The van der Waals surface area contributed by atoms with Crippen molar-refractivity contribution in [2.24, 2.45) is 11.8 Å². The highest BCUT2D eigenvalue weighted by Crippen LogP contribution is 2.38. The number of carbonyl (C=O) groups is 1. The first kappa shape index (κ1) is 29.5. The molecule has 0 aliphatic carbocycles. The van der Waals surface area contributed by atoms with Gasteiger partial charge >= 0.3 is 6.18 Å². The molecule has 0 N–H and O–H groups in total. The molecule has 1 aromatic heterocycles. The van der Waals surface area contributed by atoms with E-state index < -0.39 is 22.0 Å². The lowest BCUT2D eigenvalue weighted by Gasteiger charge is -2.36. The lowest BCUT2D eigenvalue weighted by molar-refractivity contribution is -0.107. The van der Waals surface area contributed by atoms with Crippen molar-refractivity contribution in [2.45, 2.75) is 45.2 Å². The van der Waals surface area contributed by atoms with E-state index in [0.717, 1.165) is 23.8 Å². The van der Waals surface area contributed by atoms with E-state index >= 15 is 0 Å². The predicted octanol–water partition coefficient (Wildman–Crippen LogP) is 4.14. The fraction of sp³-hybridized carbons (Fsp3) is 0.552. The summed E-state index contributed by atoms with van der Waals surface area (Å²) in [6.45, 7) is 6.75. The first-order valence-electron chi connectivity index (χ1n) is 14.0. The van der Waals surface area contributed by atoms with Crippen LogP contribution in [0, 0.1) is 25.7 Å². The number of carbonyl (C=O) groups excluding carboxylic acids is 1. The van der Waals surface area contributed by atoms with E-state index in [1.165, 1.54) is 17.5 Å². The van der Waals surface area contributed by atoms with Crippen LogP contribution in [-0.2, 0) is 10.0 Å². The molecule has 3 aliphatic rings. The number of hydrogen-bond acceptors (Lipinski definition) is 6. The molecule has 41 heavy (non-hydrogen) atoms. The van der Waals surface area contributed by atoms with Gasteiger partial charge in [-0.25, -0.2) is 22.7 Å². The Balaban J connectivity index is 1.21. The molecule has 0 bridgehead atoms. The van der Waals surface area contributed by atoms with Crippen LogP contribution in [0.4, 0.5) is 13.2 Å². The minimum atomic E-state index is -4.75. The third-order valence-corrected chi connectivity index (χ3v) is 10.5. The van der Waals surface area contributed by atoms with Crippen molar-refractivity contribution >= 4 is 15.9 Å². The van der Waals surface area contributed by atoms with Crippen molar-refractivity contribution < 1.29 is 26.4 Å². The van der Waals surface area contributed by atoms with Crippen LogP contribution in [-0.4, -0.2) is 89.6 Å². The Morgan fingerprint density at radius 2 is 1.71 bits per heavy atom. The molecule has 2 unspecified atom stereocenters. The first-order chi connectivity index (χ1) is 19.4. The number of nitrogens with zero attached hydrogens (tertiary/aromatic N) is 5. The number of benzene rings is 1. The molecular weight excluding hydrogens is 555 g/mol. The number of likely N-dealkylation sites (tertiary alicyclic amines) is 1. The number of halogens is 3. The van der Waals surface area contributed by atoms with Crippen LogP contribution >= 0.6 is 0 Å². The van der Waals surface area contributed by atoms with Gasteiger partial charge in [-0.3, -0.25) is 4.79 Å². The van der Waals surface area contributed by atoms with E-state index in [9.17, 15) is 26.4 Å². The predicted molar refractivity (Wildman–Crippen MR) is 148 cm³/mol. The second kappa shape index (κ2) is 11.7. The summed E-state index contributed by atoms with van der Waals surface area (Å²) in [5.41, 5.74) is 4.36. The van der Waals surface area contributed by atoms with Crippen molar-refractivity contribution in [3.63, 3.8) is 0 Å². The zero-order valence-corrected chi connectivity index (χ0v) is 24.2. The Bertz CT molecular complexity index is 1370. The molecule has 2 fully saturated rings. The highest BCUT2D eigenvalue weighted by atomic mass is 32.2.